The molecule has 160 valence electrons. The molecule has 3 atom stereocenters. The number of hydrogen-bond acceptors (Lipinski definition) is 5. The van der Waals surface area contributed by atoms with Crippen molar-refractivity contribution in [2.24, 2.45) is 17.0 Å². The van der Waals surface area contributed by atoms with Crippen molar-refractivity contribution in [2.45, 2.75) is 26.3 Å². The van der Waals surface area contributed by atoms with Crippen LogP contribution in [0.5, 0.6) is 0 Å². The van der Waals surface area contributed by atoms with Gasteiger partial charge in [0.25, 0.3) is 0 Å². The maximum Gasteiger partial charge on any atom is 0.209 e. The SMILES string of the molecule is CC1C(CCS(N)(=O)=O)=CC(n2cc(C#Cc3ccccc3)c3c(N)ncnc32)C1C. The van der Waals surface area contributed by atoms with Gasteiger partial charge in [-0.05, 0) is 30.4 Å². The van der Waals surface area contributed by atoms with Crippen molar-refractivity contribution in [3.05, 3.63) is 65.6 Å². The fourth-order valence-corrected chi connectivity index (χ4v) is 4.67. The van der Waals surface area contributed by atoms with Crippen LogP contribution < -0.4 is 10.9 Å². The number of primary sulfonamides is 1. The average Bonchev–Trinajstić information content (AvgIpc) is 3.24. The number of nitrogen functional groups attached to an aromatic ring is 1. The van der Waals surface area contributed by atoms with Gasteiger partial charge in [0.1, 0.15) is 17.8 Å². The largest absolute Gasteiger partial charge is 0.383 e. The van der Waals surface area contributed by atoms with Crippen LogP contribution in [0.25, 0.3) is 11.0 Å². The maximum atomic E-state index is 11.4. The van der Waals surface area contributed by atoms with Crippen LogP contribution in [0.15, 0.2) is 54.5 Å². The quantitative estimate of drug-likeness (QED) is 0.483. The Morgan fingerprint density at radius 1 is 1.13 bits per heavy atom. The predicted molar refractivity (Wildman–Crippen MR) is 122 cm³/mol. The number of fused-ring (bicyclic) bond motifs is 1. The van der Waals surface area contributed by atoms with Crippen LogP contribution in [0.4, 0.5) is 5.82 Å². The van der Waals surface area contributed by atoms with E-state index >= 15 is 0 Å². The van der Waals surface area contributed by atoms with Crippen molar-refractivity contribution in [3.8, 4) is 11.8 Å². The minimum atomic E-state index is -3.51. The van der Waals surface area contributed by atoms with Crippen LogP contribution >= 0.6 is 0 Å². The van der Waals surface area contributed by atoms with Gasteiger partial charge in [-0.25, -0.2) is 23.5 Å². The van der Waals surface area contributed by atoms with Crippen molar-refractivity contribution >= 4 is 26.9 Å². The van der Waals surface area contributed by atoms with Gasteiger partial charge in [-0.3, -0.25) is 0 Å². The summed E-state index contributed by atoms with van der Waals surface area (Å²) in [6.45, 7) is 4.27. The average molecular weight is 436 g/mol. The summed E-state index contributed by atoms with van der Waals surface area (Å²) >= 11 is 0. The molecule has 0 saturated carbocycles. The fraction of sp³-hybridized carbons (Fsp3) is 0.304. The molecule has 0 amide bonds. The normalized spacial score (nSPS) is 21.0. The lowest BCUT2D eigenvalue weighted by Gasteiger charge is -2.21. The van der Waals surface area contributed by atoms with Crippen LogP contribution in [0.2, 0.25) is 0 Å². The summed E-state index contributed by atoms with van der Waals surface area (Å²) in [5.41, 5.74) is 9.68. The Morgan fingerprint density at radius 3 is 2.58 bits per heavy atom. The first kappa shape index (κ1) is 21.1. The van der Waals surface area contributed by atoms with Crippen LogP contribution in [0.3, 0.4) is 0 Å². The Balaban J connectivity index is 1.77. The van der Waals surface area contributed by atoms with Gasteiger partial charge in [-0.1, -0.05) is 55.5 Å². The zero-order chi connectivity index (χ0) is 22.2. The summed E-state index contributed by atoms with van der Waals surface area (Å²) in [4.78, 5) is 8.65. The molecule has 4 N–H and O–H groups in total. The van der Waals surface area contributed by atoms with E-state index in [4.69, 9.17) is 10.9 Å². The van der Waals surface area contributed by atoms with Gasteiger partial charge in [0.15, 0.2) is 0 Å². The van der Waals surface area contributed by atoms with Gasteiger partial charge in [0, 0.05) is 11.8 Å². The molecule has 0 fully saturated rings. The standard InChI is InChI=1S/C23H25N5O2S/c1-15-16(2)20(12-18(15)10-11-31(25,29)30)28-13-19(9-8-17-6-4-3-5-7-17)21-22(24)26-14-27-23(21)28/h3-7,12-16,20H,10-11H2,1-2H3,(H2,24,26,27)(H2,25,29,30). The molecule has 31 heavy (non-hydrogen) atoms. The van der Waals surface area contributed by atoms with E-state index < -0.39 is 10.0 Å². The summed E-state index contributed by atoms with van der Waals surface area (Å²) in [5, 5.41) is 5.94. The first-order valence-corrected chi connectivity index (χ1v) is 11.9. The smallest absolute Gasteiger partial charge is 0.209 e. The van der Waals surface area contributed by atoms with E-state index in [1.807, 2.05) is 36.5 Å². The van der Waals surface area contributed by atoms with E-state index in [9.17, 15) is 8.42 Å². The van der Waals surface area contributed by atoms with E-state index in [1.165, 1.54) is 6.33 Å². The van der Waals surface area contributed by atoms with Crippen molar-refractivity contribution in [2.75, 3.05) is 11.5 Å². The third-order valence-electron chi connectivity index (χ3n) is 6.05. The molecule has 7 nitrogen and oxygen atoms in total. The molecule has 0 radical (unpaired) electrons. The van der Waals surface area contributed by atoms with E-state index in [0.717, 1.165) is 27.7 Å². The highest BCUT2D eigenvalue weighted by Crippen LogP contribution is 2.42. The number of nitrogens with zero attached hydrogens (tertiary/aromatic N) is 3. The van der Waals surface area contributed by atoms with E-state index in [2.05, 4.69) is 46.3 Å². The van der Waals surface area contributed by atoms with Crippen molar-refractivity contribution < 1.29 is 8.42 Å². The van der Waals surface area contributed by atoms with Gasteiger partial charge >= 0.3 is 0 Å². The molecule has 0 spiro atoms. The Labute approximate surface area is 182 Å². The van der Waals surface area contributed by atoms with Crippen molar-refractivity contribution in [1.29, 1.82) is 0 Å². The van der Waals surface area contributed by atoms with Crippen LogP contribution in [-0.2, 0) is 10.0 Å². The first-order chi connectivity index (χ1) is 14.7. The minimum absolute atomic E-state index is 0.00885. The third kappa shape index (κ3) is 4.33. The third-order valence-corrected chi connectivity index (χ3v) is 6.82. The van der Waals surface area contributed by atoms with Crippen LogP contribution in [0, 0.1) is 23.7 Å². The molecular formula is C23H25N5O2S. The second kappa shape index (κ2) is 8.17. The van der Waals surface area contributed by atoms with Crippen LogP contribution in [-0.4, -0.2) is 28.7 Å². The summed E-state index contributed by atoms with van der Waals surface area (Å²) in [6.07, 6.45) is 5.99. The summed E-state index contributed by atoms with van der Waals surface area (Å²) in [7, 11) is -3.51. The van der Waals surface area contributed by atoms with E-state index in [1.54, 1.807) is 0 Å². The lowest BCUT2D eigenvalue weighted by atomic mass is 9.92. The zero-order valence-corrected chi connectivity index (χ0v) is 18.3. The van der Waals surface area contributed by atoms with Gasteiger partial charge in [0.05, 0.1) is 22.7 Å². The molecule has 1 aromatic carbocycles. The number of aromatic nitrogens is 3. The number of allylic oxidation sites excluding steroid dienone is 2. The summed E-state index contributed by atoms with van der Waals surface area (Å²) < 4.78 is 24.9. The number of sulfonamides is 1. The molecule has 0 saturated heterocycles. The van der Waals surface area contributed by atoms with Crippen molar-refractivity contribution in [3.63, 3.8) is 0 Å². The Morgan fingerprint density at radius 2 is 1.87 bits per heavy atom. The summed E-state index contributed by atoms with van der Waals surface area (Å²) in [5.74, 6) is 7.20. The Hall–Kier alpha value is -3.15. The molecule has 0 bridgehead atoms. The van der Waals surface area contributed by atoms with Gasteiger partial charge in [-0.15, -0.1) is 0 Å². The van der Waals surface area contributed by atoms with Gasteiger partial charge in [0.2, 0.25) is 10.0 Å². The Kier molecular flexibility index (Phi) is 5.56. The number of hydrogen-bond donors (Lipinski definition) is 2. The van der Waals surface area contributed by atoms with Crippen LogP contribution in [0.1, 0.15) is 37.4 Å². The number of benzene rings is 1. The summed E-state index contributed by atoms with van der Waals surface area (Å²) in [6, 6.07) is 9.75. The highest BCUT2D eigenvalue weighted by atomic mass is 32.2. The Bertz CT molecular complexity index is 1320. The molecule has 2 heterocycles. The number of anilines is 1. The fourth-order valence-electron chi connectivity index (χ4n) is 4.15. The topological polar surface area (TPSA) is 117 Å². The molecule has 8 heteroatoms. The zero-order valence-electron chi connectivity index (χ0n) is 17.5. The van der Waals surface area contributed by atoms with E-state index in [0.29, 0.717) is 12.2 Å². The molecule has 2 aromatic heterocycles. The molecule has 3 aromatic rings. The molecule has 3 unspecified atom stereocenters. The molecule has 4 rings (SSSR count). The monoisotopic (exact) mass is 435 g/mol. The lowest BCUT2D eigenvalue weighted by Crippen LogP contribution is -2.18. The number of nitrogens with two attached hydrogens (primary N) is 2. The first-order valence-electron chi connectivity index (χ1n) is 10.1. The molecule has 1 aliphatic rings. The molecular weight excluding hydrogens is 410 g/mol. The lowest BCUT2D eigenvalue weighted by molar-refractivity contribution is 0.373. The van der Waals surface area contributed by atoms with E-state index in [-0.39, 0.29) is 23.6 Å². The predicted octanol–water partition coefficient (Wildman–Crippen LogP) is 2.85. The van der Waals surface area contributed by atoms with Crippen molar-refractivity contribution in [1.82, 2.24) is 14.5 Å². The second-order valence-corrected chi connectivity index (χ2v) is 9.75. The maximum absolute atomic E-state index is 11.4. The second-order valence-electron chi connectivity index (χ2n) is 8.02. The highest BCUT2D eigenvalue weighted by Gasteiger charge is 2.33. The molecule has 0 aliphatic heterocycles. The highest BCUT2D eigenvalue weighted by molar-refractivity contribution is 7.89. The van der Waals surface area contributed by atoms with Gasteiger partial charge < -0.3 is 10.3 Å². The minimum Gasteiger partial charge on any atom is -0.383 e. The number of rotatable bonds is 4. The van der Waals surface area contributed by atoms with Gasteiger partial charge in [-0.2, -0.15) is 0 Å². The molecule has 1 aliphatic carbocycles.